The normalized spacial score (nSPS) is 11.9. The topological polar surface area (TPSA) is 70.4 Å². The van der Waals surface area contributed by atoms with Crippen molar-refractivity contribution >= 4 is 11.7 Å². The van der Waals surface area contributed by atoms with E-state index in [0.717, 1.165) is 40.3 Å². The van der Waals surface area contributed by atoms with Crippen molar-refractivity contribution in [2.24, 2.45) is 0 Å². The summed E-state index contributed by atoms with van der Waals surface area (Å²) in [6, 6.07) is 5.93. The van der Waals surface area contributed by atoms with E-state index in [-0.39, 0.29) is 12.1 Å². The van der Waals surface area contributed by atoms with Gasteiger partial charge in [0.25, 0.3) is 0 Å². The Balaban J connectivity index is 1.98. The molecule has 0 saturated heterocycles. The van der Waals surface area contributed by atoms with Crippen LogP contribution in [0.3, 0.4) is 0 Å². The molecule has 136 valence electrons. The molecule has 2 N–H and O–H groups in total. The lowest BCUT2D eigenvalue weighted by molar-refractivity contribution is 0.236. The molecule has 0 bridgehead atoms. The fourth-order valence-electron chi connectivity index (χ4n) is 2.91. The van der Waals surface area contributed by atoms with Crippen LogP contribution < -0.4 is 15.5 Å². The average Bonchev–Trinajstić information content (AvgIpc) is 2.90. The highest BCUT2D eigenvalue weighted by Gasteiger charge is 2.20. The molecule has 1 heterocycles. The first-order chi connectivity index (χ1) is 11.8. The molecular formula is C19H28N4O2. The monoisotopic (exact) mass is 344 g/mol. The fourth-order valence-corrected chi connectivity index (χ4v) is 2.91. The SMILES string of the molecule is CC[C@@H](NC(=O)NCc1ccc(N(C)C)cc1C)c1c(C)noc1C. The Hall–Kier alpha value is -2.50. The first-order valence-electron chi connectivity index (χ1n) is 8.57. The Labute approximate surface area is 149 Å². The van der Waals surface area contributed by atoms with E-state index in [1.54, 1.807) is 0 Å². The molecule has 0 radical (unpaired) electrons. The number of aromatic nitrogens is 1. The summed E-state index contributed by atoms with van der Waals surface area (Å²) in [6.07, 6.45) is 0.771. The molecule has 0 aliphatic heterocycles. The van der Waals surface area contributed by atoms with Crippen molar-refractivity contribution in [3.63, 3.8) is 0 Å². The van der Waals surface area contributed by atoms with Gasteiger partial charge in [0, 0.05) is 31.9 Å². The van der Waals surface area contributed by atoms with Gasteiger partial charge < -0.3 is 20.1 Å². The largest absolute Gasteiger partial charge is 0.378 e. The Bertz CT molecular complexity index is 718. The molecule has 6 nitrogen and oxygen atoms in total. The van der Waals surface area contributed by atoms with Gasteiger partial charge in [-0.05, 0) is 50.5 Å². The predicted molar refractivity (Wildman–Crippen MR) is 99.9 cm³/mol. The summed E-state index contributed by atoms with van der Waals surface area (Å²) in [4.78, 5) is 14.4. The smallest absolute Gasteiger partial charge is 0.315 e. The summed E-state index contributed by atoms with van der Waals surface area (Å²) in [7, 11) is 4.03. The van der Waals surface area contributed by atoms with E-state index >= 15 is 0 Å². The highest BCUT2D eigenvalue weighted by atomic mass is 16.5. The molecule has 2 aromatic rings. The van der Waals surface area contributed by atoms with Crippen LogP contribution in [-0.2, 0) is 6.54 Å². The van der Waals surface area contributed by atoms with Gasteiger partial charge >= 0.3 is 6.03 Å². The highest BCUT2D eigenvalue weighted by Crippen LogP contribution is 2.24. The van der Waals surface area contributed by atoms with Crippen molar-refractivity contribution in [1.82, 2.24) is 15.8 Å². The van der Waals surface area contributed by atoms with Gasteiger partial charge in [-0.2, -0.15) is 0 Å². The second-order valence-corrected chi connectivity index (χ2v) is 6.53. The number of carbonyl (C=O) groups excluding carboxylic acids is 1. The summed E-state index contributed by atoms with van der Waals surface area (Å²) in [5.41, 5.74) is 5.19. The molecule has 1 atom stereocenters. The van der Waals surface area contributed by atoms with E-state index in [9.17, 15) is 4.79 Å². The van der Waals surface area contributed by atoms with Crippen LogP contribution in [0.5, 0.6) is 0 Å². The number of benzene rings is 1. The second-order valence-electron chi connectivity index (χ2n) is 6.53. The highest BCUT2D eigenvalue weighted by molar-refractivity contribution is 5.74. The van der Waals surface area contributed by atoms with Crippen LogP contribution in [0.2, 0.25) is 0 Å². The summed E-state index contributed by atoms with van der Waals surface area (Å²) >= 11 is 0. The van der Waals surface area contributed by atoms with Crippen molar-refractivity contribution in [1.29, 1.82) is 0 Å². The van der Waals surface area contributed by atoms with Crippen molar-refractivity contribution < 1.29 is 9.32 Å². The minimum atomic E-state index is -0.192. The maximum absolute atomic E-state index is 12.3. The Morgan fingerprint density at radius 3 is 2.52 bits per heavy atom. The first-order valence-corrected chi connectivity index (χ1v) is 8.57. The van der Waals surface area contributed by atoms with Crippen molar-refractivity contribution in [3.05, 3.63) is 46.3 Å². The van der Waals surface area contributed by atoms with E-state index in [2.05, 4.69) is 45.8 Å². The summed E-state index contributed by atoms with van der Waals surface area (Å²) in [5.74, 6) is 0.750. The van der Waals surface area contributed by atoms with Gasteiger partial charge in [0.2, 0.25) is 0 Å². The standard InChI is InChI=1S/C19H28N4O2/c1-7-17(18-13(3)22-25-14(18)4)21-19(24)20-11-15-8-9-16(23(5)6)10-12(15)2/h8-10,17H,7,11H2,1-6H3,(H2,20,21,24)/t17-/m1/s1. The van der Waals surface area contributed by atoms with Gasteiger partial charge in [-0.15, -0.1) is 0 Å². The minimum Gasteiger partial charge on any atom is -0.378 e. The lowest BCUT2D eigenvalue weighted by atomic mass is 10.0. The average molecular weight is 344 g/mol. The summed E-state index contributed by atoms with van der Waals surface area (Å²) < 4.78 is 5.21. The van der Waals surface area contributed by atoms with Gasteiger partial charge in [-0.1, -0.05) is 18.1 Å². The van der Waals surface area contributed by atoms with Crippen LogP contribution in [0.25, 0.3) is 0 Å². The summed E-state index contributed by atoms with van der Waals surface area (Å²) in [6.45, 7) is 8.34. The molecule has 0 saturated carbocycles. The van der Waals surface area contributed by atoms with E-state index in [0.29, 0.717) is 6.54 Å². The Morgan fingerprint density at radius 2 is 2.00 bits per heavy atom. The molecule has 0 unspecified atom stereocenters. The molecular weight excluding hydrogens is 316 g/mol. The van der Waals surface area contributed by atoms with Gasteiger partial charge in [-0.25, -0.2) is 4.79 Å². The van der Waals surface area contributed by atoms with Crippen molar-refractivity contribution in [3.8, 4) is 0 Å². The third-order valence-electron chi connectivity index (χ3n) is 4.43. The van der Waals surface area contributed by atoms with Crippen molar-refractivity contribution in [2.75, 3.05) is 19.0 Å². The van der Waals surface area contributed by atoms with Gasteiger partial charge in [0.1, 0.15) is 5.76 Å². The third-order valence-corrected chi connectivity index (χ3v) is 4.43. The molecule has 2 amide bonds. The molecule has 1 aromatic heterocycles. The Kier molecular flexibility index (Phi) is 6.07. The number of aryl methyl sites for hydroxylation is 3. The lowest BCUT2D eigenvalue weighted by Gasteiger charge is -2.18. The maximum Gasteiger partial charge on any atom is 0.315 e. The van der Waals surface area contributed by atoms with Crippen molar-refractivity contribution in [2.45, 2.75) is 46.7 Å². The minimum absolute atomic E-state index is 0.108. The number of hydrogen-bond donors (Lipinski definition) is 2. The molecule has 0 spiro atoms. The van der Waals surface area contributed by atoms with E-state index in [1.807, 2.05) is 34.9 Å². The van der Waals surface area contributed by atoms with E-state index in [1.165, 1.54) is 0 Å². The number of carbonyl (C=O) groups is 1. The molecule has 0 aliphatic carbocycles. The number of rotatable bonds is 6. The molecule has 6 heteroatoms. The van der Waals surface area contributed by atoms with Crippen LogP contribution in [0.4, 0.5) is 10.5 Å². The quantitative estimate of drug-likeness (QED) is 0.840. The number of nitrogens with zero attached hydrogens (tertiary/aromatic N) is 2. The van der Waals surface area contributed by atoms with Crippen LogP contribution in [0.15, 0.2) is 22.7 Å². The second kappa shape index (κ2) is 8.05. The fraction of sp³-hybridized carbons (Fsp3) is 0.474. The Morgan fingerprint density at radius 1 is 1.28 bits per heavy atom. The number of hydrogen-bond acceptors (Lipinski definition) is 4. The molecule has 0 fully saturated rings. The van der Waals surface area contributed by atoms with E-state index < -0.39 is 0 Å². The molecule has 2 rings (SSSR count). The zero-order valence-electron chi connectivity index (χ0n) is 15.9. The maximum atomic E-state index is 12.3. The van der Waals surface area contributed by atoms with Crippen LogP contribution in [-0.4, -0.2) is 25.3 Å². The van der Waals surface area contributed by atoms with Crippen LogP contribution in [0, 0.1) is 20.8 Å². The van der Waals surface area contributed by atoms with Gasteiger partial charge in [0.15, 0.2) is 0 Å². The lowest BCUT2D eigenvalue weighted by Crippen LogP contribution is -2.37. The van der Waals surface area contributed by atoms with E-state index in [4.69, 9.17) is 4.52 Å². The number of anilines is 1. The number of amides is 2. The van der Waals surface area contributed by atoms with Gasteiger partial charge in [0.05, 0.1) is 11.7 Å². The van der Waals surface area contributed by atoms with Crippen LogP contribution in [0.1, 0.15) is 47.5 Å². The van der Waals surface area contributed by atoms with Gasteiger partial charge in [-0.3, -0.25) is 0 Å². The van der Waals surface area contributed by atoms with Crippen LogP contribution >= 0.6 is 0 Å². The zero-order chi connectivity index (χ0) is 18.6. The number of nitrogens with one attached hydrogen (secondary N) is 2. The predicted octanol–water partition coefficient (Wildman–Crippen LogP) is 3.62. The zero-order valence-corrected chi connectivity index (χ0v) is 15.9. The molecule has 0 aliphatic rings. The number of urea groups is 1. The molecule has 25 heavy (non-hydrogen) atoms. The third kappa shape index (κ3) is 4.53. The summed E-state index contributed by atoms with van der Waals surface area (Å²) in [5, 5.41) is 9.92. The molecule has 1 aromatic carbocycles. The first kappa shape index (κ1) is 18.8.